The van der Waals surface area contributed by atoms with Crippen molar-refractivity contribution in [1.82, 2.24) is 10.3 Å². The van der Waals surface area contributed by atoms with Gasteiger partial charge in [0.1, 0.15) is 5.82 Å². The average molecular weight is 386 g/mol. The highest BCUT2D eigenvalue weighted by Gasteiger charge is 2.18. The minimum Gasteiger partial charge on any atom is -0.337 e. The van der Waals surface area contributed by atoms with E-state index in [1.807, 2.05) is 43.3 Å². The summed E-state index contributed by atoms with van der Waals surface area (Å²) in [6.45, 7) is 2.17. The number of aromatic nitrogens is 1. The quantitative estimate of drug-likeness (QED) is 0.483. The van der Waals surface area contributed by atoms with Crippen LogP contribution in [0.4, 0.5) is 16.3 Å². The number of pyridine rings is 1. The summed E-state index contributed by atoms with van der Waals surface area (Å²) in [7, 11) is 0. The molecule has 29 heavy (non-hydrogen) atoms. The largest absolute Gasteiger partial charge is 0.337 e. The molecule has 1 aromatic heterocycles. The Balaban J connectivity index is 1.26. The lowest BCUT2D eigenvalue weighted by atomic mass is 10.1. The standard InChI is InChI=1S/C23H22N4O2/c1-15-6-9-21(25-14-15)27-22(28)10-11-24-23(29)26-18-7-8-20-17(13-18)12-16-4-2-3-5-19(16)20/h2-9,13-14H,10-12H2,1H3,(H2,24,26,29)(H,25,27,28). The summed E-state index contributed by atoms with van der Waals surface area (Å²) in [5, 5.41) is 8.25. The SMILES string of the molecule is Cc1ccc(NC(=O)CCNC(=O)Nc2ccc3c(c2)Cc2ccccc2-3)nc1. The van der Waals surface area contributed by atoms with Gasteiger partial charge in [-0.1, -0.05) is 36.4 Å². The maximum atomic E-state index is 12.1. The molecule has 1 aliphatic rings. The fourth-order valence-corrected chi connectivity index (χ4v) is 3.43. The second-order valence-electron chi connectivity index (χ2n) is 7.11. The highest BCUT2D eigenvalue weighted by Crippen LogP contribution is 2.37. The normalized spacial score (nSPS) is 11.3. The third kappa shape index (κ3) is 4.43. The van der Waals surface area contributed by atoms with E-state index in [0.717, 1.165) is 17.7 Å². The Morgan fingerprint density at radius 1 is 0.966 bits per heavy atom. The van der Waals surface area contributed by atoms with E-state index < -0.39 is 0 Å². The summed E-state index contributed by atoms with van der Waals surface area (Å²) in [6.07, 6.45) is 2.73. The van der Waals surface area contributed by atoms with Crippen LogP contribution in [0.3, 0.4) is 0 Å². The van der Waals surface area contributed by atoms with Gasteiger partial charge in [0.15, 0.2) is 0 Å². The molecule has 6 nitrogen and oxygen atoms in total. The first kappa shape index (κ1) is 18.7. The van der Waals surface area contributed by atoms with Crippen molar-refractivity contribution in [2.75, 3.05) is 17.2 Å². The summed E-state index contributed by atoms with van der Waals surface area (Å²) in [6, 6.07) is 17.6. The van der Waals surface area contributed by atoms with Crippen LogP contribution in [0.15, 0.2) is 60.8 Å². The molecule has 4 rings (SSSR count). The molecular weight excluding hydrogens is 364 g/mol. The predicted molar refractivity (Wildman–Crippen MR) is 114 cm³/mol. The highest BCUT2D eigenvalue weighted by atomic mass is 16.2. The molecule has 0 saturated heterocycles. The number of hydrogen-bond donors (Lipinski definition) is 3. The number of carbonyl (C=O) groups is 2. The number of nitrogens with one attached hydrogen (secondary N) is 3. The molecule has 0 atom stereocenters. The molecule has 1 aliphatic carbocycles. The maximum absolute atomic E-state index is 12.1. The third-order valence-corrected chi connectivity index (χ3v) is 4.87. The molecule has 0 fully saturated rings. The zero-order valence-corrected chi connectivity index (χ0v) is 16.2. The van der Waals surface area contributed by atoms with E-state index in [0.29, 0.717) is 5.82 Å². The molecule has 1 heterocycles. The monoisotopic (exact) mass is 386 g/mol. The van der Waals surface area contributed by atoms with E-state index in [9.17, 15) is 9.59 Å². The van der Waals surface area contributed by atoms with Crippen LogP contribution in [-0.2, 0) is 11.2 Å². The van der Waals surface area contributed by atoms with Gasteiger partial charge in [0.05, 0.1) is 0 Å². The zero-order valence-electron chi connectivity index (χ0n) is 16.2. The van der Waals surface area contributed by atoms with Crippen LogP contribution < -0.4 is 16.0 Å². The smallest absolute Gasteiger partial charge is 0.319 e. The van der Waals surface area contributed by atoms with Gasteiger partial charge in [-0.2, -0.15) is 0 Å². The van der Waals surface area contributed by atoms with Crippen molar-refractivity contribution in [1.29, 1.82) is 0 Å². The average Bonchev–Trinajstić information content (AvgIpc) is 3.07. The number of urea groups is 1. The Bertz CT molecular complexity index is 1060. The molecule has 0 saturated carbocycles. The van der Waals surface area contributed by atoms with Gasteiger partial charge >= 0.3 is 6.03 Å². The van der Waals surface area contributed by atoms with Crippen molar-refractivity contribution >= 4 is 23.4 Å². The number of nitrogens with zero attached hydrogens (tertiary/aromatic N) is 1. The number of amides is 3. The van der Waals surface area contributed by atoms with Crippen LogP contribution in [0.1, 0.15) is 23.1 Å². The second kappa shape index (κ2) is 8.14. The van der Waals surface area contributed by atoms with Gasteiger partial charge in [-0.15, -0.1) is 0 Å². The van der Waals surface area contributed by atoms with Gasteiger partial charge < -0.3 is 16.0 Å². The first-order valence-electron chi connectivity index (χ1n) is 9.57. The van der Waals surface area contributed by atoms with Crippen LogP contribution in [0.2, 0.25) is 0 Å². The van der Waals surface area contributed by atoms with Crippen LogP contribution in [0.5, 0.6) is 0 Å². The third-order valence-electron chi connectivity index (χ3n) is 4.87. The van der Waals surface area contributed by atoms with Crippen molar-refractivity contribution in [3.05, 3.63) is 77.5 Å². The van der Waals surface area contributed by atoms with E-state index in [1.54, 1.807) is 12.3 Å². The van der Waals surface area contributed by atoms with Crippen molar-refractivity contribution in [2.24, 2.45) is 0 Å². The van der Waals surface area contributed by atoms with E-state index in [2.05, 4.69) is 33.1 Å². The van der Waals surface area contributed by atoms with Crippen molar-refractivity contribution in [3.8, 4) is 11.1 Å². The van der Waals surface area contributed by atoms with Gasteiger partial charge in [0.2, 0.25) is 5.91 Å². The number of benzene rings is 2. The first-order chi connectivity index (χ1) is 14.1. The highest BCUT2D eigenvalue weighted by molar-refractivity contribution is 5.92. The fraction of sp³-hybridized carbons (Fsp3) is 0.174. The summed E-state index contributed by atoms with van der Waals surface area (Å²) < 4.78 is 0. The molecule has 2 aromatic carbocycles. The topological polar surface area (TPSA) is 83.1 Å². The molecule has 0 aliphatic heterocycles. The zero-order chi connectivity index (χ0) is 20.2. The summed E-state index contributed by atoms with van der Waals surface area (Å²) in [5.41, 5.74) is 6.74. The van der Waals surface area contributed by atoms with Crippen LogP contribution in [0, 0.1) is 6.92 Å². The second-order valence-corrected chi connectivity index (χ2v) is 7.11. The van der Waals surface area contributed by atoms with Crippen molar-refractivity contribution in [3.63, 3.8) is 0 Å². The summed E-state index contributed by atoms with van der Waals surface area (Å²) >= 11 is 0. The number of fused-ring (bicyclic) bond motifs is 3. The molecule has 3 aromatic rings. The van der Waals surface area contributed by atoms with Gasteiger partial charge in [-0.3, -0.25) is 4.79 Å². The summed E-state index contributed by atoms with van der Waals surface area (Å²) in [4.78, 5) is 28.2. The van der Waals surface area contributed by atoms with Crippen molar-refractivity contribution < 1.29 is 9.59 Å². The Morgan fingerprint density at radius 2 is 1.79 bits per heavy atom. The maximum Gasteiger partial charge on any atom is 0.319 e. The molecule has 6 heteroatoms. The molecule has 0 spiro atoms. The lowest BCUT2D eigenvalue weighted by Crippen LogP contribution is -2.31. The number of carbonyl (C=O) groups excluding carboxylic acids is 2. The van der Waals surface area contributed by atoms with E-state index in [1.165, 1.54) is 22.3 Å². The number of aryl methyl sites for hydroxylation is 1. The molecule has 3 amide bonds. The van der Waals surface area contributed by atoms with Gasteiger partial charge in [-0.25, -0.2) is 9.78 Å². The number of anilines is 2. The van der Waals surface area contributed by atoms with Crippen LogP contribution in [-0.4, -0.2) is 23.5 Å². The van der Waals surface area contributed by atoms with E-state index in [-0.39, 0.29) is 24.9 Å². The Kier molecular flexibility index (Phi) is 5.24. The van der Waals surface area contributed by atoms with Gasteiger partial charge in [-0.05, 0) is 59.4 Å². The molecule has 0 radical (unpaired) electrons. The lowest BCUT2D eigenvalue weighted by Gasteiger charge is -2.09. The predicted octanol–water partition coefficient (Wildman–Crippen LogP) is 4.11. The lowest BCUT2D eigenvalue weighted by molar-refractivity contribution is -0.116. The number of hydrogen-bond acceptors (Lipinski definition) is 3. The van der Waals surface area contributed by atoms with Crippen LogP contribution >= 0.6 is 0 Å². The molecular formula is C23H22N4O2. The minimum atomic E-state index is -0.332. The van der Waals surface area contributed by atoms with Crippen LogP contribution in [0.25, 0.3) is 11.1 Å². The fourth-order valence-electron chi connectivity index (χ4n) is 3.43. The Labute approximate surface area is 169 Å². The minimum absolute atomic E-state index is 0.169. The molecule has 0 bridgehead atoms. The number of rotatable bonds is 5. The van der Waals surface area contributed by atoms with E-state index in [4.69, 9.17) is 0 Å². The van der Waals surface area contributed by atoms with Crippen molar-refractivity contribution in [2.45, 2.75) is 19.8 Å². The molecule has 146 valence electrons. The first-order valence-corrected chi connectivity index (χ1v) is 9.57. The summed E-state index contributed by atoms with van der Waals surface area (Å²) in [5.74, 6) is 0.307. The Hall–Kier alpha value is -3.67. The molecule has 3 N–H and O–H groups in total. The molecule has 0 unspecified atom stereocenters. The van der Waals surface area contributed by atoms with Gasteiger partial charge in [0.25, 0.3) is 0 Å². The van der Waals surface area contributed by atoms with Gasteiger partial charge in [0, 0.05) is 24.8 Å². The Morgan fingerprint density at radius 3 is 2.62 bits per heavy atom. The van der Waals surface area contributed by atoms with E-state index >= 15 is 0 Å².